The average molecular weight is 376 g/mol. The molecule has 8 heteroatoms. The number of aromatic nitrogens is 2. The Morgan fingerprint density at radius 1 is 1.11 bits per heavy atom. The Kier molecular flexibility index (Phi) is 5.60. The van der Waals surface area contributed by atoms with Crippen LogP contribution in [-0.4, -0.2) is 32.7 Å². The highest BCUT2D eigenvalue weighted by Crippen LogP contribution is 2.25. The largest absolute Gasteiger partial charge is 0.457 e. The fraction of sp³-hybridized carbons (Fsp3) is 0.100. The summed E-state index contributed by atoms with van der Waals surface area (Å²) in [6.07, 6.45) is -1.25. The van der Waals surface area contributed by atoms with Crippen LogP contribution in [0.25, 0.3) is 11.4 Å². The Hall–Kier alpha value is -3.80. The maximum absolute atomic E-state index is 11.5. The lowest BCUT2D eigenvalue weighted by Crippen LogP contribution is -2.16. The fourth-order valence-corrected chi connectivity index (χ4v) is 2.39. The van der Waals surface area contributed by atoms with Crippen molar-refractivity contribution in [3.63, 3.8) is 0 Å². The van der Waals surface area contributed by atoms with Gasteiger partial charge in [-0.25, -0.2) is 9.97 Å². The molecule has 1 aromatic heterocycles. The summed E-state index contributed by atoms with van der Waals surface area (Å²) < 4.78 is 5.71. The standard InChI is InChI=1S/C20H16N4O4/c21-10-12-1-5-14(6-2-12)28-15-7-3-13(4-8-15)20-23-16(18(26)11-25)9-17(24-20)19(22)27/h1-9,18,25-26H,11H2,(H2,22,27)/t18-/m0/s1. The normalized spacial score (nSPS) is 11.5. The minimum atomic E-state index is -1.25. The molecule has 0 saturated heterocycles. The van der Waals surface area contributed by atoms with Crippen LogP contribution in [0, 0.1) is 11.3 Å². The molecule has 2 aromatic carbocycles. The van der Waals surface area contributed by atoms with E-state index in [1.54, 1.807) is 48.5 Å². The second kappa shape index (κ2) is 8.26. The molecule has 4 N–H and O–H groups in total. The zero-order valence-electron chi connectivity index (χ0n) is 14.6. The minimum Gasteiger partial charge on any atom is -0.457 e. The van der Waals surface area contributed by atoms with Gasteiger partial charge in [-0.3, -0.25) is 4.79 Å². The monoisotopic (exact) mass is 376 g/mol. The Morgan fingerprint density at radius 2 is 1.71 bits per heavy atom. The number of carbonyl (C=O) groups is 1. The van der Waals surface area contributed by atoms with E-state index in [1.165, 1.54) is 6.07 Å². The van der Waals surface area contributed by atoms with Gasteiger partial charge in [-0.05, 0) is 54.6 Å². The highest BCUT2D eigenvalue weighted by atomic mass is 16.5. The van der Waals surface area contributed by atoms with Crippen LogP contribution in [0.3, 0.4) is 0 Å². The van der Waals surface area contributed by atoms with E-state index in [1.807, 2.05) is 6.07 Å². The van der Waals surface area contributed by atoms with Gasteiger partial charge >= 0.3 is 0 Å². The highest BCUT2D eigenvalue weighted by molar-refractivity contribution is 5.91. The van der Waals surface area contributed by atoms with Gasteiger partial charge in [0.2, 0.25) is 0 Å². The van der Waals surface area contributed by atoms with Gasteiger partial charge in [0.05, 0.1) is 23.9 Å². The first kappa shape index (κ1) is 19.0. The summed E-state index contributed by atoms with van der Waals surface area (Å²) in [5, 5.41) is 27.8. The van der Waals surface area contributed by atoms with Crippen LogP contribution < -0.4 is 10.5 Å². The van der Waals surface area contributed by atoms with E-state index in [0.29, 0.717) is 22.6 Å². The molecule has 0 radical (unpaired) electrons. The molecule has 0 aliphatic heterocycles. The molecule has 0 fully saturated rings. The molecule has 0 bridgehead atoms. The number of amides is 1. The third-order valence-electron chi connectivity index (χ3n) is 3.84. The maximum atomic E-state index is 11.5. The van der Waals surface area contributed by atoms with E-state index in [4.69, 9.17) is 20.8 Å². The number of nitrogens with zero attached hydrogens (tertiary/aromatic N) is 3. The van der Waals surface area contributed by atoms with E-state index in [2.05, 4.69) is 9.97 Å². The summed E-state index contributed by atoms with van der Waals surface area (Å²) in [6, 6.07) is 16.7. The smallest absolute Gasteiger partial charge is 0.267 e. The number of ether oxygens (including phenoxy) is 1. The molecular formula is C20H16N4O4. The van der Waals surface area contributed by atoms with Gasteiger partial charge in [-0.15, -0.1) is 0 Å². The van der Waals surface area contributed by atoms with Gasteiger partial charge in [0.25, 0.3) is 5.91 Å². The Labute approximate surface area is 160 Å². The van der Waals surface area contributed by atoms with Crippen LogP contribution >= 0.6 is 0 Å². The molecule has 0 unspecified atom stereocenters. The van der Waals surface area contributed by atoms with Gasteiger partial charge in [-0.1, -0.05) is 0 Å². The van der Waals surface area contributed by atoms with Crippen LogP contribution in [0.5, 0.6) is 11.5 Å². The number of benzene rings is 2. The second-order valence-corrected chi connectivity index (χ2v) is 5.83. The summed E-state index contributed by atoms with van der Waals surface area (Å²) in [5.74, 6) is 0.543. The number of hydrogen-bond acceptors (Lipinski definition) is 7. The third-order valence-corrected chi connectivity index (χ3v) is 3.84. The van der Waals surface area contributed by atoms with Gasteiger partial charge in [0.15, 0.2) is 5.82 Å². The fourth-order valence-electron chi connectivity index (χ4n) is 2.39. The first-order chi connectivity index (χ1) is 13.5. The van der Waals surface area contributed by atoms with Crippen molar-refractivity contribution in [2.24, 2.45) is 5.73 Å². The molecule has 140 valence electrons. The first-order valence-corrected chi connectivity index (χ1v) is 8.26. The van der Waals surface area contributed by atoms with Crippen molar-refractivity contribution in [1.29, 1.82) is 5.26 Å². The van der Waals surface area contributed by atoms with Gasteiger partial charge < -0.3 is 20.7 Å². The zero-order chi connectivity index (χ0) is 20.1. The SMILES string of the molecule is N#Cc1ccc(Oc2ccc(-c3nc(C(N)=O)cc([C@@H](O)CO)n3)cc2)cc1. The molecule has 3 aromatic rings. The predicted molar refractivity (Wildman–Crippen MR) is 99.3 cm³/mol. The van der Waals surface area contributed by atoms with Crippen molar-refractivity contribution in [3.05, 3.63) is 71.5 Å². The van der Waals surface area contributed by atoms with Crippen molar-refractivity contribution in [1.82, 2.24) is 9.97 Å². The Morgan fingerprint density at radius 3 is 2.25 bits per heavy atom. The third kappa shape index (κ3) is 4.29. The van der Waals surface area contributed by atoms with E-state index in [0.717, 1.165) is 0 Å². The maximum Gasteiger partial charge on any atom is 0.267 e. The van der Waals surface area contributed by atoms with Crippen LogP contribution in [0.4, 0.5) is 0 Å². The predicted octanol–water partition coefficient (Wildman–Crippen LogP) is 1.93. The lowest BCUT2D eigenvalue weighted by molar-refractivity contribution is 0.0916. The molecule has 0 aliphatic carbocycles. The van der Waals surface area contributed by atoms with Crippen molar-refractivity contribution in [2.45, 2.75) is 6.10 Å². The summed E-state index contributed by atoms with van der Waals surface area (Å²) >= 11 is 0. The topological polar surface area (TPSA) is 142 Å². The zero-order valence-corrected chi connectivity index (χ0v) is 14.6. The number of aliphatic hydroxyl groups is 2. The van der Waals surface area contributed by atoms with Crippen molar-refractivity contribution in [3.8, 4) is 29.0 Å². The van der Waals surface area contributed by atoms with Crippen molar-refractivity contribution in [2.75, 3.05) is 6.61 Å². The number of nitriles is 1. The van der Waals surface area contributed by atoms with Crippen molar-refractivity contribution < 1.29 is 19.7 Å². The molecule has 0 saturated carbocycles. The number of carbonyl (C=O) groups excluding carboxylic acids is 1. The summed E-state index contributed by atoms with van der Waals surface area (Å²) in [5.41, 5.74) is 6.43. The average Bonchev–Trinajstić information content (AvgIpc) is 2.74. The van der Waals surface area contributed by atoms with Crippen LogP contribution in [0.1, 0.15) is 27.8 Å². The molecule has 1 atom stereocenters. The van der Waals surface area contributed by atoms with Crippen LogP contribution in [-0.2, 0) is 0 Å². The number of nitrogens with two attached hydrogens (primary N) is 1. The van der Waals surface area contributed by atoms with Crippen LogP contribution in [0.15, 0.2) is 54.6 Å². The van der Waals surface area contributed by atoms with Crippen LogP contribution in [0.2, 0.25) is 0 Å². The molecule has 1 amide bonds. The quantitative estimate of drug-likeness (QED) is 0.596. The van der Waals surface area contributed by atoms with E-state index >= 15 is 0 Å². The Bertz CT molecular complexity index is 1030. The van der Waals surface area contributed by atoms with E-state index < -0.39 is 18.6 Å². The lowest BCUT2D eigenvalue weighted by atomic mass is 10.1. The van der Waals surface area contributed by atoms with Gasteiger partial charge in [0.1, 0.15) is 23.3 Å². The molecule has 0 spiro atoms. The highest BCUT2D eigenvalue weighted by Gasteiger charge is 2.15. The van der Waals surface area contributed by atoms with Gasteiger partial charge in [0, 0.05) is 5.56 Å². The number of rotatable bonds is 6. The summed E-state index contributed by atoms with van der Waals surface area (Å²) in [4.78, 5) is 19.8. The van der Waals surface area contributed by atoms with Gasteiger partial charge in [-0.2, -0.15) is 5.26 Å². The lowest BCUT2D eigenvalue weighted by Gasteiger charge is -2.11. The van der Waals surface area contributed by atoms with E-state index in [-0.39, 0.29) is 17.2 Å². The Balaban J connectivity index is 1.87. The first-order valence-electron chi connectivity index (χ1n) is 8.26. The van der Waals surface area contributed by atoms with E-state index in [9.17, 15) is 9.90 Å². The minimum absolute atomic E-state index is 0.0644. The number of primary amides is 1. The molecular weight excluding hydrogens is 360 g/mol. The number of aliphatic hydroxyl groups excluding tert-OH is 2. The molecule has 28 heavy (non-hydrogen) atoms. The molecule has 1 heterocycles. The number of hydrogen-bond donors (Lipinski definition) is 3. The molecule has 3 rings (SSSR count). The molecule has 8 nitrogen and oxygen atoms in total. The second-order valence-electron chi connectivity index (χ2n) is 5.83. The summed E-state index contributed by atoms with van der Waals surface area (Å²) in [7, 11) is 0. The molecule has 0 aliphatic rings. The van der Waals surface area contributed by atoms with Crippen molar-refractivity contribution >= 4 is 5.91 Å². The summed E-state index contributed by atoms with van der Waals surface area (Å²) in [6.45, 7) is -0.550.